The predicted molar refractivity (Wildman–Crippen MR) is 72.8 cm³/mol. The van der Waals surface area contributed by atoms with Crippen LogP contribution in [0, 0.1) is 5.92 Å². The highest BCUT2D eigenvalue weighted by atomic mass is 16.5. The Kier molecular flexibility index (Phi) is 3.58. The van der Waals surface area contributed by atoms with Crippen molar-refractivity contribution < 1.29 is 14.3 Å². The van der Waals surface area contributed by atoms with Gasteiger partial charge in [-0.25, -0.2) is 4.79 Å². The minimum absolute atomic E-state index is 0.0867. The van der Waals surface area contributed by atoms with Crippen molar-refractivity contribution in [2.24, 2.45) is 5.92 Å². The fourth-order valence-corrected chi connectivity index (χ4v) is 3.10. The molecule has 2 amide bonds. The number of hydrogen-bond donors (Lipinski definition) is 2. The maximum absolute atomic E-state index is 11.8. The molecule has 1 aromatic carbocycles. The van der Waals surface area contributed by atoms with Crippen molar-refractivity contribution >= 4 is 12.0 Å². The highest BCUT2D eigenvalue weighted by Crippen LogP contribution is 2.32. The number of carbonyl (C=O) groups excluding carboxylic acids is 2. The first-order valence-electron chi connectivity index (χ1n) is 7.01. The van der Waals surface area contributed by atoms with Gasteiger partial charge in [0, 0.05) is 12.0 Å². The SMILES string of the molecule is O=C(N[C@@H]1C(=O)N[C@H]2CCC[C@@H]21)OCc1ccccc1. The van der Waals surface area contributed by atoms with E-state index in [0.717, 1.165) is 24.8 Å². The molecule has 1 saturated carbocycles. The van der Waals surface area contributed by atoms with Crippen LogP contribution in [0.1, 0.15) is 24.8 Å². The van der Waals surface area contributed by atoms with Gasteiger partial charge in [0.15, 0.2) is 0 Å². The molecule has 0 unspecified atom stereocenters. The maximum Gasteiger partial charge on any atom is 0.408 e. The molecule has 0 aromatic heterocycles. The van der Waals surface area contributed by atoms with Gasteiger partial charge in [0.2, 0.25) is 5.91 Å². The lowest BCUT2D eigenvalue weighted by Gasteiger charge is -2.16. The highest BCUT2D eigenvalue weighted by Gasteiger charge is 2.45. The summed E-state index contributed by atoms with van der Waals surface area (Å²) in [5, 5.41) is 5.63. The molecule has 1 aliphatic heterocycles. The largest absolute Gasteiger partial charge is 0.445 e. The molecular weight excluding hydrogens is 256 g/mol. The van der Waals surface area contributed by atoms with Crippen LogP contribution in [-0.4, -0.2) is 24.1 Å². The Bertz CT molecular complexity index is 503. The summed E-state index contributed by atoms with van der Waals surface area (Å²) >= 11 is 0. The standard InChI is InChI=1S/C15H18N2O3/c18-14-13(11-7-4-8-12(11)16-14)17-15(19)20-9-10-5-2-1-3-6-10/h1-3,5-6,11-13H,4,7-9H2,(H,16,18)(H,17,19)/t11-,12-,13-/m0/s1. The quantitative estimate of drug-likeness (QED) is 0.879. The second-order valence-corrected chi connectivity index (χ2v) is 5.39. The average molecular weight is 274 g/mol. The number of rotatable bonds is 3. The Labute approximate surface area is 117 Å². The minimum atomic E-state index is -0.526. The molecule has 1 saturated heterocycles. The first-order chi connectivity index (χ1) is 9.74. The van der Waals surface area contributed by atoms with Crippen molar-refractivity contribution in [3.8, 4) is 0 Å². The van der Waals surface area contributed by atoms with Gasteiger partial charge in [-0.1, -0.05) is 36.8 Å². The maximum atomic E-state index is 11.8. The van der Waals surface area contributed by atoms with Crippen molar-refractivity contribution in [1.29, 1.82) is 0 Å². The number of benzene rings is 1. The topological polar surface area (TPSA) is 67.4 Å². The molecule has 0 spiro atoms. The van der Waals surface area contributed by atoms with Gasteiger partial charge in [0.25, 0.3) is 0 Å². The van der Waals surface area contributed by atoms with Gasteiger partial charge in [-0.2, -0.15) is 0 Å². The molecule has 0 bridgehead atoms. The Hall–Kier alpha value is -2.04. The number of alkyl carbamates (subject to hydrolysis) is 1. The van der Waals surface area contributed by atoms with Crippen LogP contribution < -0.4 is 10.6 Å². The zero-order valence-corrected chi connectivity index (χ0v) is 11.2. The lowest BCUT2D eigenvalue weighted by Crippen LogP contribution is -2.43. The zero-order valence-electron chi connectivity index (χ0n) is 11.2. The van der Waals surface area contributed by atoms with Gasteiger partial charge in [-0.05, 0) is 18.4 Å². The number of nitrogens with one attached hydrogen (secondary N) is 2. The summed E-state index contributed by atoms with van der Waals surface area (Å²) in [7, 11) is 0. The van der Waals surface area contributed by atoms with Gasteiger partial charge in [0.05, 0.1) is 0 Å². The van der Waals surface area contributed by atoms with Crippen LogP contribution in [-0.2, 0) is 16.1 Å². The van der Waals surface area contributed by atoms with E-state index in [0.29, 0.717) is 0 Å². The summed E-state index contributed by atoms with van der Waals surface area (Å²) < 4.78 is 5.16. The van der Waals surface area contributed by atoms with Crippen LogP contribution in [0.2, 0.25) is 0 Å². The summed E-state index contributed by atoms with van der Waals surface area (Å²) in [6.45, 7) is 0.217. The van der Waals surface area contributed by atoms with Crippen molar-refractivity contribution in [3.63, 3.8) is 0 Å². The van der Waals surface area contributed by atoms with E-state index in [-0.39, 0.29) is 24.5 Å². The minimum Gasteiger partial charge on any atom is -0.445 e. The Balaban J connectivity index is 1.52. The lowest BCUT2D eigenvalue weighted by atomic mass is 9.99. The number of amides is 2. The van der Waals surface area contributed by atoms with Crippen molar-refractivity contribution in [2.75, 3.05) is 0 Å². The van der Waals surface area contributed by atoms with Crippen LogP contribution in [0.4, 0.5) is 4.79 Å². The van der Waals surface area contributed by atoms with Crippen LogP contribution in [0.25, 0.3) is 0 Å². The fourth-order valence-electron chi connectivity index (χ4n) is 3.10. The molecule has 20 heavy (non-hydrogen) atoms. The Morgan fingerprint density at radius 1 is 1.30 bits per heavy atom. The Morgan fingerprint density at radius 3 is 2.90 bits per heavy atom. The third kappa shape index (κ3) is 2.61. The van der Waals surface area contributed by atoms with Gasteiger partial charge in [0.1, 0.15) is 12.6 Å². The van der Waals surface area contributed by atoms with Crippen LogP contribution in [0.15, 0.2) is 30.3 Å². The monoisotopic (exact) mass is 274 g/mol. The third-order valence-corrected chi connectivity index (χ3v) is 4.09. The third-order valence-electron chi connectivity index (χ3n) is 4.09. The second kappa shape index (κ2) is 5.53. The molecule has 2 N–H and O–H groups in total. The molecule has 1 heterocycles. The van der Waals surface area contributed by atoms with Gasteiger partial charge >= 0.3 is 6.09 Å². The number of ether oxygens (including phenoxy) is 1. The van der Waals surface area contributed by atoms with E-state index in [9.17, 15) is 9.59 Å². The van der Waals surface area contributed by atoms with Crippen molar-refractivity contribution in [3.05, 3.63) is 35.9 Å². The van der Waals surface area contributed by atoms with Crippen molar-refractivity contribution in [2.45, 2.75) is 38.0 Å². The van der Waals surface area contributed by atoms with Gasteiger partial charge in [-0.15, -0.1) is 0 Å². The smallest absolute Gasteiger partial charge is 0.408 e. The lowest BCUT2D eigenvalue weighted by molar-refractivity contribution is -0.121. The molecule has 3 atom stereocenters. The van der Waals surface area contributed by atoms with E-state index in [1.807, 2.05) is 30.3 Å². The van der Waals surface area contributed by atoms with E-state index in [2.05, 4.69) is 10.6 Å². The summed E-state index contributed by atoms with van der Waals surface area (Å²) in [4.78, 5) is 23.6. The summed E-state index contributed by atoms with van der Waals surface area (Å²) in [5.74, 6) is 0.128. The predicted octanol–water partition coefficient (Wildman–Crippen LogP) is 1.58. The van der Waals surface area contributed by atoms with E-state index >= 15 is 0 Å². The van der Waals surface area contributed by atoms with E-state index in [1.165, 1.54) is 0 Å². The van der Waals surface area contributed by atoms with E-state index in [4.69, 9.17) is 4.74 Å². The molecule has 3 rings (SSSR count). The van der Waals surface area contributed by atoms with Crippen LogP contribution in [0.3, 0.4) is 0 Å². The molecule has 106 valence electrons. The summed E-state index contributed by atoms with van der Waals surface area (Å²) in [6.07, 6.45) is 2.56. The Morgan fingerprint density at radius 2 is 2.10 bits per heavy atom. The molecule has 0 radical (unpaired) electrons. The molecule has 2 aliphatic rings. The van der Waals surface area contributed by atoms with Gasteiger partial charge in [-0.3, -0.25) is 4.79 Å². The first kappa shape index (κ1) is 13.0. The van der Waals surface area contributed by atoms with Crippen LogP contribution in [0.5, 0.6) is 0 Å². The molecular formula is C15H18N2O3. The van der Waals surface area contributed by atoms with E-state index in [1.54, 1.807) is 0 Å². The zero-order chi connectivity index (χ0) is 13.9. The molecule has 5 heteroatoms. The molecule has 1 aromatic rings. The number of fused-ring (bicyclic) bond motifs is 1. The van der Waals surface area contributed by atoms with E-state index < -0.39 is 12.1 Å². The highest BCUT2D eigenvalue weighted by molar-refractivity contribution is 5.88. The van der Waals surface area contributed by atoms with Crippen molar-refractivity contribution in [1.82, 2.24) is 10.6 Å². The summed E-state index contributed by atoms with van der Waals surface area (Å²) in [5.41, 5.74) is 0.928. The normalized spacial score (nSPS) is 27.8. The molecule has 1 aliphatic carbocycles. The molecule has 2 fully saturated rings. The summed E-state index contributed by atoms with van der Waals surface area (Å²) in [6, 6.07) is 9.26. The first-order valence-corrected chi connectivity index (χ1v) is 7.01. The number of hydrogen-bond acceptors (Lipinski definition) is 3. The number of carbonyl (C=O) groups is 2. The fraction of sp³-hybridized carbons (Fsp3) is 0.467. The van der Waals surface area contributed by atoms with Gasteiger partial charge < -0.3 is 15.4 Å². The average Bonchev–Trinajstić information content (AvgIpc) is 3.01. The van der Waals surface area contributed by atoms with Crippen LogP contribution >= 0.6 is 0 Å². The molecule has 5 nitrogen and oxygen atoms in total. The second-order valence-electron chi connectivity index (χ2n) is 5.39.